The van der Waals surface area contributed by atoms with Gasteiger partial charge in [0.1, 0.15) is 0 Å². The van der Waals surface area contributed by atoms with E-state index >= 15 is 0 Å². The Kier molecular flexibility index (Phi) is 4.18. The van der Waals surface area contributed by atoms with E-state index in [2.05, 4.69) is 40.8 Å². The van der Waals surface area contributed by atoms with Gasteiger partial charge in [-0.05, 0) is 46.8 Å². The summed E-state index contributed by atoms with van der Waals surface area (Å²) in [6, 6.07) is 1.28. The molecule has 1 saturated carbocycles. The van der Waals surface area contributed by atoms with E-state index in [1.54, 1.807) is 0 Å². The van der Waals surface area contributed by atoms with Crippen molar-refractivity contribution in [1.29, 1.82) is 0 Å². The molecule has 4 heteroatoms. The summed E-state index contributed by atoms with van der Waals surface area (Å²) in [6.45, 7) is 4.34. The molecule has 1 aromatic heterocycles. The van der Waals surface area contributed by atoms with Gasteiger partial charge in [0, 0.05) is 24.8 Å². The van der Waals surface area contributed by atoms with Gasteiger partial charge in [-0.25, -0.2) is 4.98 Å². The second kappa shape index (κ2) is 5.65. The average molecular weight is 236 g/mol. The third kappa shape index (κ3) is 3.82. The van der Waals surface area contributed by atoms with E-state index < -0.39 is 0 Å². The van der Waals surface area contributed by atoms with Crippen LogP contribution in [0.4, 0.5) is 0 Å². The molecule has 1 atom stereocenters. The summed E-state index contributed by atoms with van der Waals surface area (Å²) >= 11 is 0. The quantitative estimate of drug-likeness (QED) is 0.781. The fourth-order valence-electron chi connectivity index (χ4n) is 1.99. The highest BCUT2D eigenvalue weighted by Crippen LogP contribution is 2.20. The van der Waals surface area contributed by atoms with Crippen LogP contribution >= 0.6 is 0 Å². The highest BCUT2D eigenvalue weighted by Gasteiger charge is 2.21. The van der Waals surface area contributed by atoms with Crippen molar-refractivity contribution in [3.63, 3.8) is 0 Å². The SMILES string of the molecule is CC(CCN(C)C)n1cncc1CNC1CC1. The van der Waals surface area contributed by atoms with E-state index in [0.717, 1.165) is 19.1 Å². The van der Waals surface area contributed by atoms with Gasteiger partial charge in [0.15, 0.2) is 0 Å². The van der Waals surface area contributed by atoms with Crippen LogP contribution in [0.25, 0.3) is 0 Å². The molecule has 1 unspecified atom stereocenters. The molecule has 0 aromatic carbocycles. The van der Waals surface area contributed by atoms with Crippen LogP contribution in [0.1, 0.15) is 37.9 Å². The van der Waals surface area contributed by atoms with Gasteiger partial charge in [0.05, 0.1) is 12.0 Å². The maximum absolute atomic E-state index is 4.28. The predicted molar refractivity (Wildman–Crippen MR) is 70.0 cm³/mol. The average Bonchev–Trinajstić information content (AvgIpc) is 3.00. The normalized spacial score (nSPS) is 17.6. The monoisotopic (exact) mass is 236 g/mol. The molecule has 0 radical (unpaired) electrons. The first kappa shape index (κ1) is 12.6. The highest BCUT2D eigenvalue weighted by molar-refractivity contribution is 5.01. The molecule has 4 nitrogen and oxygen atoms in total. The Morgan fingerprint density at radius 2 is 2.29 bits per heavy atom. The molecule has 0 aliphatic heterocycles. The zero-order valence-corrected chi connectivity index (χ0v) is 11.2. The smallest absolute Gasteiger partial charge is 0.0951 e. The van der Waals surface area contributed by atoms with Crippen LogP contribution in [-0.2, 0) is 6.54 Å². The van der Waals surface area contributed by atoms with E-state index in [-0.39, 0.29) is 0 Å². The highest BCUT2D eigenvalue weighted by atomic mass is 15.1. The molecule has 1 aliphatic carbocycles. The minimum Gasteiger partial charge on any atom is -0.331 e. The van der Waals surface area contributed by atoms with E-state index in [4.69, 9.17) is 0 Å². The fourth-order valence-corrected chi connectivity index (χ4v) is 1.99. The number of nitrogens with one attached hydrogen (secondary N) is 1. The van der Waals surface area contributed by atoms with Crippen molar-refractivity contribution >= 4 is 0 Å². The van der Waals surface area contributed by atoms with Crippen LogP contribution in [0.15, 0.2) is 12.5 Å². The van der Waals surface area contributed by atoms with Gasteiger partial charge in [-0.3, -0.25) is 0 Å². The van der Waals surface area contributed by atoms with Crippen molar-refractivity contribution in [3.05, 3.63) is 18.2 Å². The number of hydrogen-bond donors (Lipinski definition) is 1. The molecule has 1 aliphatic rings. The molecule has 96 valence electrons. The van der Waals surface area contributed by atoms with Crippen molar-refractivity contribution in [2.45, 2.75) is 44.8 Å². The fraction of sp³-hybridized carbons (Fsp3) is 0.769. The maximum Gasteiger partial charge on any atom is 0.0951 e. The van der Waals surface area contributed by atoms with Crippen molar-refractivity contribution in [1.82, 2.24) is 19.8 Å². The van der Waals surface area contributed by atoms with Gasteiger partial charge in [0.2, 0.25) is 0 Å². The molecule has 1 N–H and O–H groups in total. The number of hydrogen-bond acceptors (Lipinski definition) is 3. The van der Waals surface area contributed by atoms with Crippen LogP contribution in [0.3, 0.4) is 0 Å². The minimum absolute atomic E-state index is 0.524. The Hall–Kier alpha value is -0.870. The summed E-state index contributed by atoms with van der Waals surface area (Å²) in [4.78, 5) is 6.51. The van der Waals surface area contributed by atoms with Crippen LogP contribution in [0.2, 0.25) is 0 Å². The van der Waals surface area contributed by atoms with Crippen molar-refractivity contribution in [3.8, 4) is 0 Å². The van der Waals surface area contributed by atoms with E-state index in [1.807, 2.05) is 12.5 Å². The standard InChI is InChI=1S/C13H24N4/c1-11(6-7-16(2)3)17-10-14-8-13(17)9-15-12-4-5-12/h8,10-12,15H,4-7,9H2,1-3H3. The molecular formula is C13H24N4. The van der Waals surface area contributed by atoms with E-state index in [0.29, 0.717) is 6.04 Å². The number of aromatic nitrogens is 2. The van der Waals surface area contributed by atoms with Crippen LogP contribution < -0.4 is 5.32 Å². The third-order valence-corrected chi connectivity index (χ3v) is 3.36. The lowest BCUT2D eigenvalue weighted by Gasteiger charge is -2.19. The van der Waals surface area contributed by atoms with E-state index in [9.17, 15) is 0 Å². The first-order chi connectivity index (χ1) is 8.16. The zero-order chi connectivity index (χ0) is 12.3. The largest absolute Gasteiger partial charge is 0.331 e. The summed E-state index contributed by atoms with van der Waals surface area (Å²) < 4.78 is 2.30. The molecule has 1 fully saturated rings. The van der Waals surface area contributed by atoms with Crippen molar-refractivity contribution < 1.29 is 0 Å². The lowest BCUT2D eigenvalue weighted by atomic mass is 10.2. The molecule has 1 heterocycles. The Balaban J connectivity index is 1.86. The molecule has 0 spiro atoms. The second-order valence-corrected chi connectivity index (χ2v) is 5.39. The Morgan fingerprint density at radius 3 is 2.94 bits per heavy atom. The van der Waals surface area contributed by atoms with Gasteiger partial charge < -0.3 is 14.8 Å². The third-order valence-electron chi connectivity index (χ3n) is 3.36. The summed E-state index contributed by atoms with van der Waals surface area (Å²) in [7, 11) is 4.24. The van der Waals surface area contributed by atoms with Gasteiger partial charge in [-0.1, -0.05) is 0 Å². The number of rotatable bonds is 7. The van der Waals surface area contributed by atoms with Gasteiger partial charge in [-0.2, -0.15) is 0 Å². The predicted octanol–water partition coefficient (Wildman–Crippen LogP) is 1.65. The van der Waals surface area contributed by atoms with E-state index in [1.165, 1.54) is 25.0 Å². The lowest BCUT2D eigenvalue weighted by molar-refractivity contribution is 0.354. The van der Waals surface area contributed by atoms with Crippen molar-refractivity contribution in [2.75, 3.05) is 20.6 Å². The first-order valence-corrected chi connectivity index (χ1v) is 6.55. The molecule has 0 bridgehead atoms. The molecule has 0 amide bonds. The Labute approximate surface area is 104 Å². The number of nitrogens with zero attached hydrogens (tertiary/aromatic N) is 3. The summed E-state index contributed by atoms with van der Waals surface area (Å²) in [6.07, 6.45) is 7.79. The lowest BCUT2D eigenvalue weighted by Crippen LogP contribution is -2.21. The van der Waals surface area contributed by atoms with Gasteiger partial charge >= 0.3 is 0 Å². The van der Waals surface area contributed by atoms with Crippen molar-refractivity contribution in [2.24, 2.45) is 0 Å². The van der Waals surface area contributed by atoms with Crippen LogP contribution in [0.5, 0.6) is 0 Å². The topological polar surface area (TPSA) is 33.1 Å². The summed E-state index contributed by atoms with van der Waals surface area (Å²) in [5.74, 6) is 0. The Morgan fingerprint density at radius 1 is 1.53 bits per heavy atom. The molecular weight excluding hydrogens is 212 g/mol. The van der Waals surface area contributed by atoms with Crippen LogP contribution in [-0.4, -0.2) is 41.1 Å². The summed E-state index contributed by atoms with van der Waals surface area (Å²) in [5.41, 5.74) is 1.31. The van der Waals surface area contributed by atoms with Crippen LogP contribution in [0, 0.1) is 0 Å². The maximum atomic E-state index is 4.28. The summed E-state index contributed by atoms with van der Waals surface area (Å²) in [5, 5.41) is 3.55. The number of imidazole rings is 1. The zero-order valence-electron chi connectivity index (χ0n) is 11.2. The Bertz CT molecular complexity index is 341. The van der Waals surface area contributed by atoms with Gasteiger partial charge in [-0.15, -0.1) is 0 Å². The molecule has 0 saturated heterocycles. The van der Waals surface area contributed by atoms with Gasteiger partial charge in [0.25, 0.3) is 0 Å². The molecule has 1 aromatic rings. The molecule has 17 heavy (non-hydrogen) atoms. The first-order valence-electron chi connectivity index (χ1n) is 6.55. The second-order valence-electron chi connectivity index (χ2n) is 5.39. The minimum atomic E-state index is 0.524. The molecule has 2 rings (SSSR count).